The molecule has 1 aromatic rings. The zero-order valence-corrected chi connectivity index (χ0v) is 12.0. The van der Waals surface area contributed by atoms with Crippen LogP contribution < -0.4 is 0 Å². The summed E-state index contributed by atoms with van der Waals surface area (Å²) in [5, 5.41) is 8.93. The van der Waals surface area contributed by atoms with Crippen molar-refractivity contribution in [2.75, 3.05) is 27.2 Å². The van der Waals surface area contributed by atoms with Crippen molar-refractivity contribution >= 4 is 5.97 Å². The van der Waals surface area contributed by atoms with E-state index in [9.17, 15) is 9.18 Å². The van der Waals surface area contributed by atoms with Crippen LogP contribution in [0.1, 0.15) is 28.8 Å². The van der Waals surface area contributed by atoms with Gasteiger partial charge in [0.15, 0.2) is 0 Å². The van der Waals surface area contributed by atoms with E-state index in [-0.39, 0.29) is 5.56 Å². The van der Waals surface area contributed by atoms with Gasteiger partial charge in [-0.2, -0.15) is 0 Å². The van der Waals surface area contributed by atoms with Crippen LogP contribution in [0.15, 0.2) is 18.2 Å². The zero-order chi connectivity index (χ0) is 14.7. The Balaban J connectivity index is 1.98. The normalized spacial score (nSPS) is 19.7. The average molecular weight is 280 g/mol. The molecule has 2 rings (SSSR count). The number of aromatic carboxylic acids is 1. The summed E-state index contributed by atoms with van der Waals surface area (Å²) >= 11 is 0. The number of likely N-dealkylation sites (N-methyl/N-ethyl adjacent to an activating group) is 2. The Bertz CT molecular complexity index is 493. The van der Waals surface area contributed by atoms with Crippen molar-refractivity contribution in [3.8, 4) is 0 Å². The number of carbonyl (C=O) groups is 1. The highest BCUT2D eigenvalue weighted by atomic mass is 19.1. The molecule has 4 nitrogen and oxygen atoms in total. The monoisotopic (exact) mass is 280 g/mol. The number of hydrogen-bond acceptors (Lipinski definition) is 3. The molecule has 1 aliphatic rings. The second-order valence-electron chi connectivity index (χ2n) is 5.59. The van der Waals surface area contributed by atoms with Crippen LogP contribution in [0.3, 0.4) is 0 Å². The first-order valence-electron chi connectivity index (χ1n) is 6.88. The van der Waals surface area contributed by atoms with E-state index >= 15 is 0 Å². The first-order chi connectivity index (χ1) is 9.47. The standard InChI is InChI=1S/C15H21FN2O2/c1-17(10-12-4-3-7-18(12)2)9-11-5-6-14(16)13(8-11)15(19)20/h5-6,8,12H,3-4,7,9-10H2,1-2H3,(H,19,20). The summed E-state index contributed by atoms with van der Waals surface area (Å²) in [5.41, 5.74) is 0.570. The summed E-state index contributed by atoms with van der Waals surface area (Å²) in [5.74, 6) is -1.90. The third-order valence-electron chi connectivity index (χ3n) is 3.91. The number of carboxylic acid groups (broad SMARTS) is 1. The zero-order valence-electron chi connectivity index (χ0n) is 12.0. The fourth-order valence-electron chi connectivity index (χ4n) is 2.78. The van der Waals surface area contributed by atoms with Crippen LogP contribution in [0.2, 0.25) is 0 Å². The Morgan fingerprint density at radius 2 is 2.30 bits per heavy atom. The molecule has 1 atom stereocenters. The fourth-order valence-corrected chi connectivity index (χ4v) is 2.78. The van der Waals surface area contributed by atoms with Crippen LogP contribution in [0, 0.1) is 5.82 Å². The van der Waals surface area contributed by atoms with E-state index in [1.807, 2.05) is 7.05 Å². The fraction of sp³-hybridized carbons (Fsp3) is 0.533. The third kappa shape index (κ3) is 3.55. The smallest absolute Gasteiger partial charge is 0.338 e. The highest BCUT2D eigenvalue weighted by Crippen LogP contribution is 2.17. The minimum absolute atomic E-state index is 0.256. The van der Waals surface area contributed by atoms with Crippen molar-refractivity contribution < 1.29 is 14.3 Å². The number of carboxylic acids is 1. The maximum absolute atomic E-state index is 13.3. The Morgan fingerprint density at radius 3 is 2.90 bits per heavy atom. The molecule has 0 saturated carbocycles. The lowest BCUT2D eigenvalue weighted by Crippen LogP contribution is -2.36. The van der Waals surface area contributed by atoms with Gasteiger partial charge in [0.1, 0.15) is 5.82 Å². The molecule has 0 spiro atoms. The van der Waals surface area contributed by atoms with E-state index < -0.39 is 11.8 Å². The van der Waals surface area contributed by atoms with E-state index in [0.29, 0.717) is 12.6 Å². The SMILES string of the molecule is CN(Cc1ccc(F)c(C(=O)O)c1)CC1CCCN1C. The van der Waals surface area contributed by atoms with E-state index in [0.717, 1.165) is 18.7 Å². The van der Waals surface area contributed by atoms with Crippen LogP contribution in [0.5, 0.6) is 0 Å². The topological polar surface area (TPSA) is 43.8 Å². The van der Waals surface area contributed by atoms with E-state index in [1.54, 1.807) is 6.07 Å². The second-order valence-corrected chi connectivity index (χ2v) is 5.59. The molecule has 1 N–H and O–H groups in total. The number of rotatable bonds is 5. The predicted molar refractivity (Wildman–Crippen MR) is 75.3 cm³/mol. The quantitative estimate of drug-likeness (QED) is 0.896. The molecule has 1 aromatic carbocycles. The lowest BCUT2D eigenvalue weighted by molar-refractivity contribution is 0.0691. The number of benzene rings is 1. The van der Waals surface area contributed by atoms with Crippen molar-refractivity contribution in [1.29, 1.82) is 0 Å². The molecule has 1 fully saturated rings. The molecular formula is C15H21FN2O2. The average Bonchev–Trinajstić information content (AvgIpc) is 2.77. The number of halogens is 1. The van der Waals surface area contributed by atoms with Gasteiger partial charge in [0.2, 0.25) is 0 Å². The van der Waals surface area contributed by atoms with Gasteiger partial charge in [-0.05, 0) is 51.2 Å². The van der Waals surface area contributed by atoms with Gasteiger partial charge >= 0.3 is 5.97 Å². The van der Waals surface area contributed by atoms with E-state index in [2.05, 4.69) is 16.8 Å². The van der Waals surface area contributed by atoms with Crippen molar-refractivity contribution in [1.82, 2.24) is 9.80 Å². The van der Waals surface area contributed by atoms with Gasteiger partial charge in [-0.25, -0.2) is 9.18 Å². The van der Waals surface area contributed by atoms with Crippen LogP contribution in [0.25, 0.3) is 0 Å². The Kier molecular flexibility index (Phi) is 4.73. The van der Waals surface area contributed by atoms with Crippen LogP contribution >= 0.6 is 0 Å². The van der Waals surface area contributed by atoms with Crippen molar-refractivity contribution in [2.45, 2.75) is 25.4 Å². The van der Waals surface area contributed by atoms with Gasteiger partial charge in [0, 0.05) is 19.1 Å². The summed E-state index contributed by atoms with van der Waals surface area (Å²) in [7, 11) is 4.14. The molecule has 0 bridgehead atoms. The Labute approximate surface area is 118 Å². The van der Waals surface area contributed by atoms with Gasteiger partial charge in [-0.1, -0.05) is 6.07 Å². The minimum Gasteiger partial charge on any atom is -0.478 e. The van der Waals surface area contributed by atoms with E-state index in [4.69, 9.17) is 5.11 Å². The lowest BCUT2D eigenvalue weighted by atomic mass is 10.1. The number of hydrogen-bond donors (Lipinski definition) is 1. The molecule has 0 radical (unpaired) electrons. The first-order valence-corrected chi connectivity index (χ1v) is 6.88. The van der Waals surface area contributed by atoms with Gasteiger partial charge < -0.3 is 14.9 Å². The summed E-state index contributed by atoms with van der Waals surface area (Å²) in [6.45, 7) is 2.71. The molecule has 0 aromatic heterocycles. The largest absolute Gasteiger partial charge is 0.478 e. The summed E-state index contributed by atoms with van der Waals surface area (Å²) in [6.07, 6.45) is 2.43. The molecule has 110 valence electrons. The highest BCUT2D eigenvalue weighted by Gasteiger charge is 2.22. The highest BCUT2D eigenvalue weighted by molar-refractivity contribution is 5.88. The molecule has 5 heteroatoms. The minimum atomic E-state index is -1.22. The first kappa shape index (κ1) is 14.9. The van der Waals surface area contributed by atoms with Crippen LogP contribution in [-0.4, -0.2) is 54.1 Å². The third-order valence-corrected chi connectivity index (χ3v) is 3.91. The Morgan fingerprint density at radius 1 is 1.55 bits per heavy atom. The maximum atomic E-state index is 13.3. The molecule has 1 heterocycles. The molecule has 1 saturated heterocycles. The van der Waals surface area contributed by atoms with Crippen LogP contribution in [-0.2, 0) is 6.54 Å². The molecule has 20 heavy (non-hydrogen) atoms. The Hall–Kier alpha value is -1.46. The van der Waals surface area contributed by atoms with Gasteiger partial charge in [-0.15, -0.1) is 0 Å². The van der Waals surface area contributed by atoms with E-state index in [1.165, 1.54) is 25.0 Å². The van der Waals surface area contributed by atoms with Gasteiger partial charge in [-0.3, -0.25) is 0 Å². The van der Waals surface area contributed by atoms with Crippen molar-refractivity contribution in [3.05, 3.63) is 35.1 Å². The number of likely N-dealkylation sites (tertiary alicyclic amines) is 1. The molecule has 1 unspecified atom stereocenters. The van der Waals surface area contributed by atoms with Gasteiger partial charge in [0.25, 0.3) is 0 Å². The summed E-state index contributed by atoms with van der Waals surface area (Å²) in [6, 6.07) is 4.86. The molecular weight excluding hydrogens is 259 g/mol. The lowest BCUT2D eigenvalue weighted by Gasteiger charge is -2.25. The second kappa shape index (κ2) is 6.33. The summed E-state index contributed by atoms with van der Waals surface area (Å²) < 4.78 is 13.3. The maximum Gasteiger partial charge on any atom is 0.338 e. The van der Waals surface area contributed by atoms with Gasteiger partial charge in [0.05, 0.1) is 5.56 Å². The van der Waals surface area contributed by atoms with Crippen LogP contribution in [0.4, 0.5) is 4.39 Å². The molecule has 0 amide bonds. The summed E-state index contributed by atoms with van der Waals surface area (Å²) in [4.78, 5) is 15.4. The predicted octanol–water partition coefficient (Wildman–Crippen LogP) is 2.05. The molecule has 0 aliphatic carbocycles. The van der Waals surface area contributed by atoms with Crippen molar-refractivity contribution in [2.24, 2.45) is 0 Å². The molecule has 1 aliphatic heterocycles. The number of nitrogens with zero attached hydrogens (tertiary/aromatic N) is 2. The van der Waals surface area contributed by atoms with Crippen molar-refractivity contribution in [3.63, 3.8) is 0 Å².